The van der Waals surface area contributed by atoms with Gasteiger partial charge in [-0.1, -0.05) is 0 Å². The average molecular weight is 240 g/mol. The van der Waals surface area contributed by atoms with E-state index in [1.54, 1.807) is 14.2 Å². The Balaban J connectivity index is 2.91. The molecule has 0 saturated heterocycles. The highest BCUT2D eigenvalue weighted by Gasteiger charge is 2.04. The third-order valence-corrected chi connectivity index (χ3v) is 2.48. The summed E-state index contributed by atoms with van der Waals surface area (Å²) in [5, 5.41) is 3.72. The Hall–Kier alpha value is -1.49. The second-order valence-electron chi connectivity index (χ2n) is 3.43. The van der Waals surface area contributed by atoms with Crippen molar-refractivity contribution in [3.63, 3.8) is 0 Å². The van der Waals surface area contributed by atoms with E-state index in [2.05, 4.69) is 5.32 Å². The molecule has 1 rings (SSSR count). The molecule has 5 heteroatoms. The predicted octanol–water partition coefficient (Wildman–Crippen LogP) is 1.96. The number of hydrogen-bond acceptors (Lipinski definition) is 3. The maximum absolute atomic E-state index is 5.16. The quantitative estimate of drug-likeness (QED) is 0.817. The highest BCUT2D eigenvalue weighted by atomic mass is 32.1. The first kappa shape index (κ1) is 12.6. The van der Waals surface area contributed by atoms with E-state index in [9.17, 15) is 0 Å². The first-order valence-corrected chi connectivity index (χ1v) is 5.19. The highest BCUT2D eigenvalue weighted by molar-refractivity contribution is 7.80. The van der Waals surface area contributed by atoms with Gasteiger partial charge >= 0.3 is 0 Å². The molecule has 0 atom stereocenters. The van der Waals surface area contributed by atoms with Gasteiger partial charge in [-0.3, -0.25) is 0 Å². The van der Waals surface area contributed by atoms with Crippen LogP contribution >= 0.6 is 12.2 Å². The lowest BCUT2D eigenvalue weighted by Crippen LogP contribution is -2.26. The van der Waals surface area contributed by atoms with Gasteiger partial charge in [-0.2, -0.15) is 0 Å². The molecule has 0 radical (unpaired) electrons. The van der Waals surface area contributed by atoms with Gasteiger partial charge in [0.1, 0.15) is 11.5 Å². The molecule has 0 aliphatic heterocycles. The van der Waals surface area contributed by atoms with Gasteiger partial charge in [-0.25, -0.2) is 0 Å². The molecule has 1 aromatic rings. The van der Waals surface area contributed by atoms with E-state index in [1.807, 2.05) is 37.2 Å². The number of benzene rings is 1. The van der Waals surface area contributed by atoms with Crippen molar-refractivity contribution in [3.05, 3.63) is 18.2 Å². The van der Waals surface area contributed by atoms with Crippen molar-refractivity contribution in [3.8, 4) is 11.5 Å². The van der Waals surface area contributed by atoms with Gasteiger partial charge < -0.3 is 19.7 Å². The van der Waals surface area contributed by atoms with Crippen LogP contribution in [0.1, 0.15) is 0 Å². The number of nitrogens with one attached hydrogen (secondary N) is 1. The van der Waals surface area contributed by atoms with E-state index in [-0.39, 0.29) is 0 Å². The summed E-state index contributed by atoms with van der Waals surface area (Å²) in [6.45, 7) is 0. The summed E-state index contributed by atoms with van der Waals surface area (Å²) >= 11 is 5.15. The molecule has 0 aromatic heterocycles. The Morgan fingerprint density at radius 3 is 2.00 bits per heavy atom. The first-order valence-electron chi connectivity index (χ1n) is 4.78. The smallest absolute Gasteiger partial charge is 0.172 e. The van der Waals surface area contributed by atoms with E-state index in [0.717, 1.165) is 17.2 Å². The number of anilines is 1. The molecule has 0 fully saturated rings. The van der Waals surface area contributed by atoms with Crippen LogP contribution in [0, 0.1) is 0 Å². The van der Waals surface area contributed by atoms with Gasteiger partial charge in [-0.15, -0.1) is 0 Å². The van der Waals surface area contributed by atoms with E-state index < -0.39 is 0 Å². The van der Waals surface area contributed by atoms with Crippen LogP contribution < -0.4 is 14.8 Å². The largest absolute Gasteiger partial charge is 0.497 e. The van der Waals surface area contributed by atoms with Crippen molar-refractivity contribution >= 4 is 23.0 Å². The normalized spacial score (nSPS) is 9.50. The molecule has 0 aliphatic rings. The van der Waals surface area contributed by atoms with Crippen LogP contribution in [-0.4, -0.2) is 38.3 Å². The maximum Gasteiger partial charge on any atom is 0.172 e. The Morgan fingerprint density at radius 2 is 1.62 bits per heavy atom. The fourth-order valence-electron chi connectivity index (χ4n) is 1.11. The predicted molar refractivity (Wildman–Crippen MR) is 69.5 cm³/mol. The van der Waals surface area contributed by atoms with Crippen molar-refractivity contribution < 1.29 is 9.47 Å². The summed E-state index contributed by atoms with van der Waals surface area (Å²) in [4.78, 5) is 1.82. The maximum atomic E-state index is 5.16. The number of nitrogens with zero attached hydrogens (tertiary/aromatic N) is 1. The van der Waals surface area contributed by atoms with Gasteiger partial charge in [0, 0.05) is 38.0 Å². The average Bonchev–Trinajstić information content (AvgIpc) is 2.28. The minimum Gasteiger partial charge on any atom is -0.497 e. The minimum absolute atomic E-state index is 0.635. The highest BCUT2D eigenvalue weighted by Crippen LogP contribution is 2.25. The Kier molecular flexibility index (Phi) is 4.37. The molecule has 1 aromatic carbocycles. The molecular formula is C11H16N2O2S. The summed E-state index contributed by atoms with van der Waals surface area (Å²) in [5.74, 6) is 1.45. The van der Waals surface area contributed by atoms with Crippen LogP contribution in [0.3, 0.4) is 0 Å². The standard InChI is InChI=1S/C11H16N2O2S/c1-13(2)11(16)12-8-5-9(14-3)7-10(6-8)15-4/h5-7H,1-4H3,(H,12,16). The molecule has 0 bridgehead atoms. The number of hydrogen-bond donors (Lipinski definition) is 1. The molecule has 88 valence electrons. The molecule has 16 heavy (non-hydrogen) atoms. The van der Waals surface area contributed by atoms with Gasteiger partial charge in [-0.05, 0) is 12.2 Å². The lowest BCUT2D eigenvalue weighted by molar-refractivity contribution is 0.395. The number of methoxy groups -OCH3 is 2. The fourth-order valence-corrected chi connectivity index (χ4v) is 1.23. The molecule has 0 unspecified atom stereocenters. The van der Waals surface area contributed by atoms with Crippen molar-refractivity contribution in [1.29, 1.82) is 0 Å². The second kappa shape index (κ2) is 5.55. The summed E-state index contributed by atoms with van der Waals surface area (Å²) in [6.07, 6.45) is 0. The lowest BCUT2D eigenvalue weighted by atomic mass is 10.3. The molecule has 0 aliphatic carbocycles. The third kappa shape index (κ3) is 3.27. The third-order valence-electron chi connectivity index (χ3n) is 2.01. The zero-order valence-corrected chi connectivity index (χ0v) is 10.7. The van der Waals surface area contributed by atoms with Crippen LogP contribution in [-0.2, 0) is 0 Å². The molecule has 4 nitrogen and oxygen atoms in total. The zero-order chi connectivity index (χ0) is 12.1. The van der Waals surface area contributed by atoms with Gasteiger partial charge in [0.25, 0.3) is 0 Å². The topological polar surface area (TPSA) is 33.7 Å². The minimum atomic E-state index is 0.635. The molecule has 0 heterocycles. The number of thiocarbonyl (C=S) groups is 1. The summed E-state index contributed by atoms with van der Waals surface area (Å²) in [5.41, 5.74) is 0.843. The van der Waals surface area contributed by atoms with Crippen LogP contribution in [0.4, 0.5) is 5.69 Å². The Bertz CT molecular complexity index is 358. The molecule has 0 amide bonds. The van der Waals surface area contributed by atoms with Crippen molar-refractivity contribution in [2.45, 2.75) is 0 Å². The number of rotatable bonds is 3. The molecule has 0 saturated carbocycles. The Morgan fingerprint density at radius 1 is 1.12 bits per heavy atom. The van der Waals surface area contributed by atoms with Gasteiger partial charge in [0.2, 0.25) is 0 Å². The summed E-state index contributed by atoms with van der Waals surface area (Å²) < 4.78 is 10.3. The zero-order valence-electron chi connectivity index (χ0n) is 9.90. The molecule has 1 N–H and O–H groups in total. The van der Waals surface area contributed by atoms with E-state index >= 15 is 0 Å². The summed E-state index contributed by atoms with van der Waals surface area (Å²) in [6, 6.07) is 5.53. The summed E-state index contributed by atoms with van der Waals surface area (Å²) in [7, 11) is 6.99. The van der Waals surface area contributed by atoms with E-state index in [1.165, 1.54) is 0 Å². The Labute approximate surface area is 101 Å². The fraction of sp³-hybridized carbons (Fsp3) is 0.364. The SMILES string of the molecule is COc1cc(NC(=S)N(C)C)cc(OC)c1. The van der Waals surface area contributed by atoms with E-state index in [4.69, 9.17) is 21.7 Å². The van der Waals surface area contributed by atoms with Crippen molar-refractivity contribution in [1.82, 2.24) is 4.90 Å². The lowest BCUT2D eigenvalue weighted by Gasteiger charge is -2.16. The van der Waals surface area contributed by atoms with Crippen molar-refractivity contribution in [2.24, 2.45) is 0 Å². The number of ether oxygens (including phenoxy) is 2. The van der Waals surface area contributed by atoms with Crippen LogP contribution in [0.25, 0.3) is 0 Å². The van der Waals surface area contributed by atoms with Gasteiger partial charge in [0.15, 0.2) is 5.11 Å². The molecular weight excluding hydrogens is 224 g/mol. The van der Waals surface area contributed by atoms with Crippen LogP contribution in [0.15, 0.2) is 18.2 Å². The first-order chi connectivity index (χ1) is 7.56. The second-order valence-corrected chi connectivity index (χ2v) is 3.81. The van der Waals surface area contributed by atoms with Crippen LogP contribution in [0.2, 0.25) is 0 Å². The van der Waals surface area contributed by atoms with Gasteiger partial charge in [0.05, 0.1) is 14.2 Å². The van der Waals surface area contributed by atoms with Crippen molar-refractivity contribution in [2.75, 3.05) is 33.6 Å². The monoisotopic (exact) mass is 240 g/mol. The van der Waals surface area contributed by atoms with Crippen LogP contribution in [0.5, 0.6) is 11.5 Å². The molecule has 0 spiro atoms. The van der Waals surface area contributed by atoms with E-state index in [0.29, 0.717) is 5.11 Å².